The van der Waals surface area contributed by atoms with Gasteiger partial charge >= 0.3 is 11.9 Å². The van der Waals surface area contributed by atoms with Crippen LogP contribution in [0.15, 0.2) is 24.3 Å². The molecule has 0 aliphatic carbocycles. The van der Waals surface area contributed by atoms with Crippen molar-refractivity contribution in [3.63, 3.8) is 0 Å². The van der Waals surface area contributed by atoms with Gasteiger partial charge in [-0.3, -0.25) is 4.79 Å². The topological polar surface area (TPSA) is 64.6 Å². The van der Waals surface area contributed by atoms with E-state index in [-0.39, 0.29) is 11.9 Å². The highest BCUT2D eigenvalue weighted by molar-refractivity contribution is 5.95. The molecule has 0 aromatic heterocycles. The van der Waals surface area contributed by atoms with Crippen LogP contribution < -0.4 is 5.32 Å². The maximum Gasteiger partial charge on any atom is 0.340 e. The molecule has 0 saturated heterocycles. The first-order chi connectivity index (χ1) is 10.7. The van der Waals surface area contributed by atoms with Crippen molar-refractivity contribution in [1.82, 2.24) is 0 Å². The molecule has 124 valence electrons. The van der Waals surface area contributed by atoms with Crippen molar-refractivity contribution < 1.29 is 19.1 Å². The molecule has 0 aliphatic heterocycles. The number of carbonyl (C=O) groups excluding carboxylic acids is 2. The summed E-state index contributed by atoms with van der Waals surface area (Å²) in [6.07, 6.45) is 1.01. The largest absolute Gasteiger partial charge is 0.466 e. The highest BCUT2D eigenvalue weighted by atomic mass is 16.5. The molecule has 5 nitrogen and oxygen atoms in total. The highest BCUT2D eigenvalue weighted by Crippen LogP contribution is 2.16. The Labute approximate surface area is 133 Å². The molecular formula is C17H27NO4. The Morgan fingerprint density at radius 1 is 1.05 bits per heavy atom. The van der Waals surface area contributed by atoms with E-state index in [9.17, 15) is 9.59 Å². The Hall–Kier alpha value is -2.04. The van der Waals surface area contributed by atoms with E-state index in [4.69, 9.17) is 9.47 Å². The number of carbonyl (C=O) groups is 2. The molecule has 1 rings (SSSR count). The van der Waals surface area contributed by atoms with Gasteiger partial charge in [-0.15, -0.1) is 0 Å². The first-order valence-corrected chi connectivity index (χ1v) is 7.84. The van der Waals surface area contributed by atoms with E-state index in [0.717, 1.165) is 5.69 Å². The van der Waals surface area contributed by atoms with Gasteiger partial charge in [-0.1, -0.05) is 26.0 Å². The molecule has 0 spiro atoms. The molecule has 0 unspecified atom stereocenters. The van der Waals surface area contributed by atoms with Gasteiger partial charge in [0.25, 0.3) is 0 Å². The highest BCUT2D eigenvalue weighted by Gasteiger charge is 2.11. The van der Waals surface area contributed by atoms with Crippen LogP contribution in [0, 0.1) is 0 Å². The molecule has 0 heterocycles. The van der Waals surface area contributed by atoms with Crippen molar-refractivity contribution >= 4 is 17.6 Å². The molecule has 0 atom stereocenters. The van der Waals surface area contributed by atoms with Crippen molar-refractivity contribution in [3.05, 3.63) is 29.8 Å². The summed E-state index contributed by atoms with van der Waals surface area (Å²) in [5.74, 6) is -0.547. The van der Waals surface area contributed by atoms with E-state index < -0.39 is 0 Å². The predicted molar refractivity (Wildman–Crippen MR) is 88.1 cm³/mol. The van der Waals surface area contributed by atoms with Crippen molar-refractivity contribution in [1.29, 1.82) is 0 Å². The van der Waals surface area contributed by atoms with E-state index in [1.165, 1.54) is 0 Å². The third-order valence-electron chi connectivity index (χ3n) is 2.60. The molecule has 0 amide bonds. The number of ether oxygens (including phenoxy) is 2. The number of anilines is 1. The van der Waals surface area contributed by atoms with Crippen LogP contribution in [0.2, 0.25) is 0 Å². The minimum atomic E-state index is -0.346. The minimum absolute atomic E-state index is 0.201. The number of rotatable bonds is 8. The maximum atomic E-state index is 11.8. The molecule has 0 bridgehead atoms. The molecule has 0 aliphatic rings. The summed E-state index contributed by atoms with van der Waals surface area (Å²) in [5.41, 5.74) is 1.22. The Balaban J connectivity index is 0.00000211. The summed E-state index contributed by atoms with van der Waals surface area (Å²) < 4.78 is 9.84. The Morgan fingerprint density at radius 3 is 2.32 bits per heavy atom. The van der Waals surface area contributed by atoms with Crippen molar-refractivity contribution in [3.8, 4) is 0 Å². The summed E-state index contributed by atoms with van der Waals surface area (Å²) in [6, 6.07) is 7.16. The normalized spacial score (nSPS) is 9.27. The molecule has 0 radical (unpaired) electrons. The number of hydrogen-bond acceptors (Lipinski definition) is 5. The lowest BCUT2D eigenvalue weighted by Crippen LogP contribution is -2.12. The van der Waals surface area contributed by atoms with E-state index in [0.29, 0.717) is 38.2 Å². The minimum Gasteiger partial charge on any atom is -0.466 e. The van der Waals surface area contributed by atoms with Crippen LogP contribution in [0.5, 0.6) is 0 Å². The number of benzene rings is 1. The van der Waals surface area contributed by atoms with Crippen molar-refractivity contribution in [2.24, 2.45) is 0 Å². The van der Waals surface area contributed by atoms with Gasteiger partial charge in [0, 0.05) is 18.7 Å². The third kappa shape index (κ3) is 7.67. The molecule has 1 aromatic rings. The third-order valence-corrected chi connectivity index (χ3v) is 2.60. The Morgan fingerprint density at radius 2 is 1.68 bits per heavy atom. The van der Waals surface area contributed by atoms with Gasteiger partial charge in [0.05, 0.1) is 18.8 Å². The molecule has 1 N–H and O–H groups in total. The average Bonchev–Trinajstić information content (AvgIpc) is 2.54. The smallest absolute Gasteiger partial charge is 0.340 e. The summed E-state index contributed by atoms with van der Waals surface area (Å²) in [6.45, 7) is 8.89. The van der Waals surface area contributed by atoms with E-state index in [2.05, 4.69) is 5.32 Å². The summed E-state index contributed by atoms with van der Waals surface area (Å²) in [7, 11) is 0. The molecule has 0 saturated carbocycles. The van der Waals surface area contributed by atoms with Crippen LogP contribution >= 0.6 is 0 Å². The van der Waals surface area contributed by atoms with Crippen LogP contribution in [-0.4, -0.2) is 31.7 Å². The monoisotopic (exact) mass is 309 g/mol. The zero-order chi connectivity index (χ0) is 16.8. The van der Waals surface area contributed by atoms with Crippen LogP contribution in [0.25, 0.3) is 0 Å². The van der Waals surface area contributed by atoms with Gasteiger partial charge in [0.15, 0.2) is 0 Å². The first-order valence-electron chi connectivity index (χ1n) is 7.84. The first kappa shape index (κ1) is 20.0. The van der Waals surface area contributed by atoms with E-state index in [1.807, 2.05) is 26.0 Å². The van der Waals surface area contributed by atoms with Crippen LogP contribution in [-0.2, 0) is 14.3 Å². The second kappa shape index (κ2) is 12.7. The molecular weight excluding hydrogens is 282 g/mol. The van der Waals surface area contributed by atoms with Gasteiger partial charge in [-0.05, 0) is 32.4 Å². The fourth-order valence-corrected chi connectivity index (χ4v) is 1.71. The summed E-state index contributed by atoms with van der Waals surface area (Å²) >= 11 is 0. The molecule has 0 fully saturated rings. The second-order valence-electron chi connectivity index (χ2n) is 4.10. The lowest BCUT2D eigenvalue weighted by atomic mass is 10.1. The van der Waals surface area contributed by atoms with Crippen LogP contribution in [0.1, 0.15) is 50.9 Å². The standard InChI is InChI=1S/C15H21NO4.C2H6/c1-3-19-14(17)10-7-11-16-13-9-6-5-8-12(13)15(18)20-4-2;1-2/h5-6,8-9,16H,3-4,7,10-11H2,1-2H3;1-2H3. The fourth-order valence-electron chi connectivity index (χ4n) is 1.71. The van der Waals surface area contributed by atoms with Gasteiger partial charge < -0.3 is 14.8 Å². The zero-order valence-electron chi connectivity index (χ0n) is 14.0. The Bertz CT molecular complexity index is 446. The van der Waals surface area contributed by atoms with Gasteiger partial charge in [-0.2, -0.15) is 0 Å². The van der Waals surface area contributed by atoms with Crippen molar-refractivity contribution in [2.45, 2.75) is 40.5 Å². The number of para-hydroxylation sites is 1. The van der Waals surface area contributed by atoms with Gasteiger partial charge in [0.2, 0.25) is 0 Å². The molecule has 22 heavy (non-hydrogen) atoms. The quantitative estimate of drug-likeness (QED) is 0.586. The summed E-state index contributed by atoms with van der Waals surface area (Å²) in [4.78, 5) is 22.9. The lowest BCUT2D eigenvalue weighted by Gasteiger charge is -2.11. The SMILES string of the molecule is CC.CCOC(=O)CCCNc1ccccc1C(=O)OCC. The van der Waals surface area contributed by atoms with E-state index in [1.54, 1.807) is 26.0 Å². The number of nitrogens with one attached hydrogen (secondary N) is 1. The molecule has 1 aromatic carbocycles. The lowest BCUT2D eigenvalue weighted by molar-refractivity contribution is -0.143. The van der Waals surface area contributed by atoms with Gasteiger partial charge in [-0.25, -0.2) is 4.79 Å². The van der Waals surface area contributed by atoms with Crippen LogP contribution in [0.3, 0.4) is 0 Å². The predicted octanol–water partition coefficient (Wildman–Crippen LogP) is 3.64. The maximum absolute atomic E-state index is 11.8. The van der Waals surface area contributed by atoms with Gasteiger partial charge in [0.1, 0.15) is 0 Å². The average molecular weight is 309 g/mol. The van der Waals surface area contributed by atoms with E-state index >= 15 is 0 Å². The zero-order valence-corrected chi connectivity index (χ0v) is 14.0. The van der Waals surface area contributed by atoms with Crippen molar-refractivity contribution in [2.75, 3.05) is 25.1 Å². The second-order valence-corrected chi connectivity index (χ2v) is 4.10. The number of esters is 2. The fraction of sp³-hybridized carbons (Fsp3) is 0.529. The summed E-state index contributed by atoms with van der Waals surface area (Å²) in [5, 5.41) is 3.14. The number of hydrogen-bond donors (Lipinski definition) is 1. The Kier molecular flexibility index (Phi) is 11.5. The molecule has 5 heteroatoms. The van der Waals surface area contributed by atoms with Crippen LogP contribution in [0.4, 0.5) is 5.69 Å².